The molecule has 0 saturated heterocycles. The summed E-state index contributed by atoms with van der Waals surface area (Å²) < 4.78 is 1.92. The van der Waals surface area contributed by atoms with Gasteiger partial charge in [-0.3, -0.25) is 0 Å². The lowest BCUT2D eigenvalue weighted by molar-refractivity contribution is 0.142. The van der Waals surface area contributed by atoms with Crippen LogP contribution in [0, 0.1) is 13.8 Å². The molecule has 0 fully saturated rings. The van der Waals surface area contributed by atoms with E-state index in [-0.39, 0.29) is 6.10 Å². The zero-order valence-electron chi connectivity index (χ0n) is 11.7. The average Bonchev–Trinajstić information content (AvgIpc) is 2.84. The maximum Gasteiger partial charge on any atom is 0.0946 e. The van der Waals surface area contributed by atoms with Crippen LogP contribution in [-0.4, -0.2) is 20.8 Å². The van der Waals surface area contributed by atoms with Crippen LogP contribution >= 0.6 is 0 Å². The summed E-state index contributed by atoms with van der Waals surface area (Å²) in [4.78, 5) is 3.97. The molecule has 0 saturated carbocycles. The van der Waals surface area contributed by atoms with Gasteiger partial charge in [-0.25, -0.2) is 4.98 Å². The van der Waals surface area contributed by atoms with Crippen LogP contribution in [0.2, 0.25) is 0 Å². The van der Waals surface area contributed by atoms with Crippen LogP contribution in [-0.2, 0) is 13.0 Å². The smallest absolute Gasteiger partial charge is 0.0946 e. The maximum atomic E-state index is 9.96. The zero-order chi connectivity index (χ0) is 13.7. The number of aromatic nitrogens is 2. The minimum Gasteiger partial charge on any atom is -0.391 e. The number of benzene rings is 1. The van der Waals surface area contributed by atoms with E-state index in [0.29, 0.717) is 6.54 Å². The van der Waals surface area contributed by atoms with E-state index in [9.17, 15) is 5.11 Å². The average molecular weight is 258 g/mol. The molecule has 0 aliphatic rings. The van der Waals surface area contributed by atoms with E-state index in [1.165, 1.54) is 16.7 Å². The molecule has 0 aliphatic carbocycles. The molecule has 0 radical (unpaired) electrons. The number of aryl methyl sites for hydroxylation is 3. The van der Waals surface area contributed by atoms with Crippen LogP contribution in [0.25, 0.3) is 0 Å². The van der Waals surface area contributed by atoms with Crippen molar-refractivity contribution >= 4 is 0 Å². The van der Waals surface area contributed by atoms with Gasteiger partial charge in [0.25, 0.3) is 0 Å². The number of hydrogen-bond donors (Lipinski definition) is 1. The van der Waals surface area contributed by atoms with E-state index >= 15 is 0 Å². The number of aliphatic hydroxyl groups excluding tert-OH is 1. The number of hydrogen-bond acceptors (Lipinski definition) is 2. The molecule has 102 valence electrons. The van der Waals surface area contributed by atoms with Gasteiger partial charge in [-0.2, -0.15) is 0 Å². The fourth-order valence-corrected chi connectivity index (χ4v) is 2.38. The fourth-order valence-electron chi connectivity index (χ4n) is 2.38. The number of nitrogens with zero attached hydrogens (tertiary/aromatic N) is 2. The molecule has 19 heavy (non-hydrogen) atoms. The second-order valence-electron chi connectivity index (χ2n) is 5.24. The van der Waals surface area contributed by atoms with Crippen LogP contribution in [0.5, 0.6) is 0 Å². The van der Waals surface area contributed by atoms with Gasteiger partial charge in [0.15, 0.2) is 0 Å². The Balaban J connectivity index is 1.76. The molecule has 3 heteroatoms. The number of aliphatic hydroxyl groups is 1. The van der Waals surface area contributed by atoms with E-state index in [1.54, 1.807) is 12.5 Å². The van der Waals surface area contributed by atoms with Gasteiger partial charge in [-0.05, 0) is 44.2 Å². The Bertz CT molecular complexity index is 505. The molecule has 1 atom stereocenters. The Morgan fingerprint density at radius 3 is 2.84 bits per heavy atom. The van der Waals surface area contributed by atoms with Gasteiger partial charge in [0.2, 0.25) is 0 Å². The van der Waals surface area contributed by atoms with Gasteiger partial charge >= 0.3 is 0 Å². The van der Waals surface area contributed by atoms with Crippen molar-refractivity contribution in [2.45, 2.75) is 45.8 Å². The van der Waals surface area contributed by atoms with Crippen molar-refractivity contribution in [3.8, 4) is 0 Å². The molecule has 2 aromatic rings. The van der Waals surface area contributed by atoms with Gasteiger partial charge in [-0.15, -0.1) is 0 Å². The van der Waals surface area contributed by atoms with Gasteiger partial charge in [0.05, 0.1) is 12.4 Å². The highest BCUT2D eigenvalue weighted by molar-refractivity contribution is 5.30. The molecule has 1 N–H and O–H groups in total. The predicted octanol–water partition coefficient (Wildman–Crippen LogP) is 2.88. The number of imidazole rings is 1. The molecule has 1 aromatic carbocycles. The second-order valence-corrected chi connectivity index (χ2v) is 5.24. The summed E-state index contributed by atoms with van der Waals surface area (Å²) in [6.45, 7) is 4.91. The second kappa shape index (κ2) is 6.53. The first-order valence-corrected chi connectivity index (χ1v) is 6.85. The molecule has 1 aromatic heterocycles. The van der Waals surface area contributed by atoms with Crippen molar-refractivity contribution in [2.24, 2.45) is 0 Å². The van der Waals surface area contributed by atoms with Gasteiger partial charge < -0.3 is 9.67 Å². The molecular weight excluding hydrogens is 236 g/mol. The largest absolute Gasteiger partial charge is 0.391 e. The lowest BCUT2D eigenvalue weighted by Gasteiger charge is -2.12. The van der Waals surface area contributed by atoms with Crippen LogP contribution in [0.15, 0.2) is 36.9 Å². The Kier molecular flexibility index (Phi) is 4.74. The highest BCUT2D eigenvalue weighted by atomic mass is 16.3. The van der Waals surface area contributed by atoms with Crippen molar-refractivity contribution in [3.05, 3.63) is 53.6 Å². The number of rotatable bonds is 6. The molecule has 1 heterocycles. The van der Waals surface area contributed by atoms with Crippen LogP contribution in [0.3, 0.4) is 0 Å². The lowest BCUT2D eigenvalue weighted by atomic mass is 10.00. The maximum absolute atomic E-state index is 9.96. The summed E-state index contributed by atoms with van der Waals surface area (Å²) >= 11 is 0. The minimum atomic E-state index is -0.292. The highest BCUT2D eigenvalue weighted by Gasteiger charge is 2.06. The van der Waals surface area contributed by atoms with Crippen LogP contribution in [0.4, 0.5) is 0 Å². The SMILES string of the molecule is Cc1ccc(CCCC(O)Cn2ccnc2)c(C)c1. The first kappa shape index (κ1) is 13.8. The predicted molar refractivity (Wildman–Crippen MR) is 77.1 cm³/mol. The van der Waals surface area contributed by atoms with Crippen molar-refractivity contribution in [3.63, 3.8) is 0 Å². The molecule has 0 amide bonds. The normalized spacial score (nSPS) is 12.6. The summed E-state index contributed by atoms with van der Waals surface area (Å²) in [5, 5.41) is 9.96. The van der Waals surface area contributed by atoms with E-state index in [0.717, 1.165) is 19.3 Å². The summed E-state index contributed by atoms with van der Waals surface area (Å²) in [5.74, 6) is 0. The Labute approximate surface area is 114 Å². The zero-order valence-corrected chi connectivity index (χ0v) is 11.7. The van der Waals surface area contributed by atoms with Crippen molar-refractivity contribution in [1.82, 2.24) is 9.55 Å². The highest BCUT2D eigenvalue weighted by Crippen LogP contribution is 2.14. The fraction of sp³-hybridized carbons (Fsp3) is 0.438. The topological polar surface area (TPSA) is 38.0 Å². The standard InChI is InChI=1S/C16H22N2O/c1-13-6-7-15(14(2)10-13)4-3-5-16(19)11-18-9-8-17-12-18/h6-10,12,16,19H,3-5,11H2,1-2H3. The summed E-state index contributed by atoms with van der Waals surface area (Å²) in [7, 11) is 0. The first-order valence-electron chi connectivity index (χ1n) is 6.85. The third-order valence-corrected chi connectivity index (χ3v) is 3.46. The Morgan fingerprint density at radius 2 is 2.16 bits per heavy atom. The monoisotopic (exact) mass is 258 g/mol. The lowest BCUT2D eigenvalue weighted by Crippen LogP contribution is -2.15. The Hall–Kier alpha value is -1.61. The minimum absolute atomic E-state index is 0.292. The van der Waals surface area contributed by atoms with Crippen molar-refractivity contribution in [2.75, 3.05) is 0 Å². The Morgan fingerprint density at radius 1 is 1.32 bits per heavy atom. The summed E-state index contributed by atoms with van der Waals surface area (Å²) in [6, 6.07) is 6.58. The summed E-state index contributed by atoms with van der Waals surface area (Å²) in [6.07, 6.45) is 7.95. The molecular formula is C16H22N2O. The van der Waals surface area contributed by atoms with Crippen LogP contribution < -0.4 is 0 Å². The third kappa shape index (κ3) is 4.21. The van der Waals surface area contributed by atoms with E-state index in [4.69, 9.17) is 0 Å². The van der Waals surface area contributed by atoms with Crippen molar-refractivity contribution in [1.29, 1.82) is 0 Å². The summed E-state index contributed by atoms with van der Waals surface area (Å²) in [5.41, 5.74) is 4.05. The molecule has 1 unspecified atom stereocenters. The molecule has 3 nitrogen and oxygen atoms in total. The van der Waals surface area contributed by atoms with Gasteiger partial charge in [-0.1, -0.05) is 23.8 Å². The third-order valence-electron chi connectivity index (χ3n) is 3.46. The molecule has 2 rings (SSSR count). The van der Waals surface area contributed by atoms with E-state index in [1.807, 2.05) is 10.8 Å². The van der Waals surface area contributed by atoms with E-state index < -0.39 is 0 Å². The first-order chi connectivity index (χ1) is 9.15. The molecule has 0 spiro atoms. The van der Waals surface area contributed by atoms with E-state index in [2.05, 4.69) is 37.0 Å². The van der Waals surface area contributed by atoms with Gasteiger partial charge in [0, 0.05) is 18.9 Å². The van der Waals surface area contributed by atoms with Gasteiger partial charge in [0.1, 0.15) is 0 Å². The molecule has 0 bridgehead atoms. The molecule has 0 aliphatic heterocycles. The van der Waals surface area contributed by atoms with Crippen LogP contribution in [0.1, 0.15) is 29.5 Å². The quantitative estimate of drug-likeness (QED) is 0.865. The van der Waals surface area contributed by atoms with Crippen molar-refractivity contribution < 1.29 is 5.11 Å².